The van der Waals surface area contributed by atoms with Gasteiger partial charge in [-0.15, -0.1) is 0 Å². The van der Waals surface area contributed by atoms with Crippen LogP contribution < -0.4 is 5.32 Å². The van der Waals surface area contributed by atoms with Gasteiger partial charge in [-0.1, -0.05) is 30.3 Å². The molecule has 2 unspecified atom stereocenters. The van der Waals surface area contributed by atoms with E-state index in [2.05, 4.69) is 5.32 Å². The first-order valence-corrected chi connectivity index (χ1v) is 10.8. The molecule has 6 rings (SSSR count). The molecule has 0 aliphatic carbocycles. The fourth-order valence-electron chi connectivity index (χ4n) is 4.54. The third-order valence-corrected chi connectivity index (χ3v) is 7.35. The van der Waals surface area contributed by atoms with Gasteiger partial charge >= 0.3 is 5.97 Å². The SMILES string of the molecule is CC(C)(C)OC(=O)[C@H]1C2C[S@](=O)[C@H]3N1C(=O)C3(NC(=O)Cc1ccccc1)C2. The van der Waals surface area contributed by atoms with Gasteiger partial charge in [0.2, 0.25) is 5.91 Å². The minimum absolute atomic E-state index is 0.148. The topological polar surface area (TPSA) is 92.8 Å². The van der Waals surface area contributed by atoms with E-state index >= 15 is 0 Å². The van der Waals surface area contributed by atoms with Crippen LogP contribution in [0.5, 0.6) is 0 Å². The van der Waals surface area contributed by atoms with Crippen molar-refractivity contribution in [3.63, 3.8) is 0 Å². The molecule has 5 aliphatic rings. The van der Waals surface area contributed by atoms with Gasteiger partial charge < -0.3 is 15.0 Å². The molecule has 4 bridgehead atoms. The van der Waals surface area contributed by atoms with Crippen LogP contribution in [0.4, 0.5) is 0 Å². The van der Waals surface area contributed by atoms with Crippen LogP contribution in [0, 0.1) is 5.92 Å². The van der Waals surface area contributed by atoms with E-state index in [1.807, 2.05) is 30.3 Å². The number of amides is 2. The lowest BCUT2D eigenvalue weighted by molar-refractivity contribution is -0.193. The number of fused-ring (bicyclic) bond motifs is 1. The highest BCUT2D eigenvalue weighted by Crippen LogP contribution is 2.52. The average Bonchev–Trinajstić information content (AvgIpc) is 2.59. The molecule has 5 saturated heterocycles. The maximum atomic E-state index is 12.9. The van der Waals surface area contributed by atoms with Crippen LogP contribution in [0.1, 0.15) is 32.8 Å². The summed E-state index contributed by atoms with van der Waals surface area (Å²) < 4.78 is 18.1. The molecule has 5 atom stereocenters. The molecule has 0 aromatic heterocycles. The molecule has 0 spiro atoms. The number of rotatable bonds is 4. The molecule has 5 heterocycles. The van der Waals surface area contributed by atoms with E-state index in [0.717, 1.165) is 5.56 Å². The Bertz CT molecular complexity index is 865. The molecule has 5 aliphatic heterocycles. The highest BCUT2D eigenvalue weighted by molar-refractivity contribution is 7.86. The van der Waals surface area contributed by atoms with E-state index in [0.29, 0.717) is 12.2 Å². The van der Waals surface area contributed by atoms with Crippen LogP contribution in [0.15, 0.2) is 30.3 Å². The number of hydrogen-bond acceptors (Lipinski definition) is 5. The number of nitrogens with zero attached hydrogens (tertiary/aromatic N) is 1. The van der Waals surface area contributed by atoms with E-state index < -0.39 is 39.3 Å². The Kier molecular flexibility index (Phi) is 4.37. The van der Waals surface area contributed by atoms with E-state index in [4.69, 9.17) is 4.74 Å². The third kappa shape index (κ3) is 2.94. The number of nitrogens with one attached hydrogen (secondary N) is 1. The summed E-state index contributed by atoms with van der Waals surface area (Å²) in [6, 6.07) is 8.53. The van der Waals surface area contributed by atoms with Crippen molar-refractivity contribution >= 4 is 28.6 Å². The summed E-state index contributed by atoms with van der Waals surface area (Å²) in [7, 11) is -1.31. The Balaban J connectivity index is 1.53. The Morgan fingerprint density at radius 1 is 1.29 bits per heavy atom. The zero-order valence-electron chi connectivity index (χ0n) is 16.1. The first kappa shape index (κ1) is 19.1. The zero-order chi connectivity index (χ0) is 20.3. The van der Waals surface area contributed by atoms with Crippen molar-refractivity contribution in [2.45, 2.75) is 56.2 Å². The second-order valence-corrected chi connectivity index (χ2v) is 10.3. The summed E-state index contributed by atoms with van der Waals surface area (Å²) in [5.41, 5.74) is -0.978. The number of benzene rings is 1. The number of carbonyl (C=O) groups is 3. The molecule has 0 saturated carbocycles. The summed E-state index contributed by atoms with van der Waals surface area (Å²) in [6.45, 7) is 5.32. The first-order valence-electron chi connectivity index (χ1n) is 9.40. The van der Waals surface area contributed by atoms with Gasteiger partial charge in [-0.05, 0) is 32.8 Å². The zero-order valence-corrected chi connectivity index (χ0v) is 17.0. The molecule has 5 fully saturated rings. The van der Waals surface area contributed by atoms with Crippen molar-refractivity contribution in [1.29, 1.82) is 0 Å². The van der Waals surface area contributed by atoms with Crippen molar-refractivity contribution in [3.8, 4) is 0 Å². The average molecular weight is 404 g/mol. The van der Waals surface area contributed by atoms with Crippen LogP contribution in [-0.2, 0) is 36.3 Å². The van der Waals surface area contributed by atoms with Crippen LogP contribution in [0.25, 0.3) is 0 Å². The highest BCUT2D eigenvalue weighted by Gasteiger charge is 2.75. The number of hydrogen-bond donors (Lipinski definition) is 1. The maximum Gasteiger partial charge on any atom is 0.329 e. The molecule has 0 radical (unpaired) electrons. The van der Waals surface area contributed by atoms with Gasteiger partial charge in [0.15, 0.2) is 5.54 Å². The second-order valence-electron chi connectivity index (χ2n) is 8.74. The molecule has 150 valence electrons. The van der Waals surface area contributed by atoms with Crippen molar-refractivity contribution in [1.82, 2.24) is 10.2 Å². The van der Waals surface area contributed by atoms with E-state index in [9.17, 15) is 18.6 Å². The molecule has 1 aromatic carbocycles. The van der Waals surface area contributed by atoms with Crippen molar-refractivity contribution in [3.05, 3.63) is 35.9 Å². The van der Waals surface area contributed by atoms with Gasteiger partial charge in [-0.2, -0.15) is 0 Å². The number of carbonyl (C=O) groups excluding carboxylic acids is 3. The summed E-state index contributed by atoms with van der Waals surface area (Å²) in [5.74, 6) is -1.02. The van der Waals surface area contributed by atoms with Crippen LogP contribution in [0.2, 0.25) is 0 Å². The van der Waals surface area contributed by atoms with Gasteiger partial charge in [0.25, 0.3) is 5.91 Å². The fraction of sp³-hybridized carbons (Fsp3) is 0.550. The van der Waals surface area contributed by atoms with Gasteiger partial charge in [-0.25, -0.2) is 4.79 Å². The van der Waals surface area contributed by atoms with Gasteiger partial charge in [0, 0.05) is 22.5 Å². The van der Waals surface area contributed by atoms with E-state index in [-0.39, 0.29) is 24.2 Å². The highest BCUT2D eigenvalue weighted by atomic mass is 32.2. The number of ether oxygens (including phenoxy) is 1. The molecular formula is C20H24N2O5S. The van der Waals surface area contributed by atoms with Crippen molar-refractivity contribution in [2.75, 3.05) is 5.75 Å². The molecule has 2 amide bonds. The van der Waals surface area contributed by atoms with Crippen LogP contribution in [0.3, 0.4) is 0 Å². The number of β-lactam (4-membered cyclic amide) rings is 1. The summed E-state index contributed by atoms with van der Waals surface area (Å²) >= 11 is 0. The van der Waals surface area contributed by atoms with Gasteiger partial charge in [-0.3, -0.25) is 13.8 Å². The Labute approximate surface area is 166 Å². The standard InChI is InChI=1S/C20H24N2O5S/c1-19(2,3)27-16(24)15-13-10-20(17(25)22(15)18(20)28(26)11-13)21-14(23)9-12-7-5-4-6-8-12/h4-8,13,15,18H,9-11H2,1-3H3,(H,21,23)/t13?,15-,18-,20?,28+/m1/s1. The van der Waals surface area contributed by atoms with Gasteiger partial charge in [0.1, 0.15) is 17.0 Å². The predicted octanol–water partition coefficient (Wildman–Crippen LogP) is 0.745. The molecular weight excluding hydrogens is 380 g/mol. The Morgan fingerprint density at radius 3 is 2.61 bits per heavy atom. The smallest absolute Gasteiger partial charge is 0.329 e. The molecule has 1 N–H and O–H groups in total. The van der Waals surface area contributed by atoms with E-state index in [1.165, 1.54) is 4.90 Å². The van der Waals surface area contributed by atoms with Crippen molar-refractivity contribution < 1.29 is 23.3 Å². The first-order chi connectivity index (χ1) is 13.1. The van der Waals surface area contributed by atoms with Gasteiger partial charge in [0.05, 0.1) is 6.42 Å². The lowest BCUT2D eigenvalue weighted by Gasteiger charge is -2.66. The van der Waals surface area contributed by atoms with Crippen LogP contribution >= 0.6 is 0 Å². The summed E-state index contributed by atoms with van der Waals surface area (Å²) in [4.78, 5) is 39.5. The normalized spacial score (nSPS) is 33.2. The third-order valence-electron chi connectivity index (χ3n) is 5.47. The molecule has 7 nitrogen and oxygen atoms in total. The summed E-state index contributed by atoms with van der Waals surface area (Å²) in [5, 5.41) is 2.19. The fourth-order valence-corrected chi connectivity index (χ4v) is 6.63. The van der Waals surface area contributed by atoms with Crippen LogP contribution in [-0.4, -0.2) is 55.2 Å². The second kappa shape index (κ2) is 6.40. The quantitative estimate of drug-likeness (QED) is 0.590. The lowest BCUT2D eigenvalue weighted by atomic mass is 9.69. The summed E-state index contributed by atoms with van der Waals surface area (Å²) in [6.07, 6.45) is 0.471. The number of esters is 1. The molecule has 28 heavy (non-hydrogen) atoms. The number of piperidine rings is 2. The maximum absolute atomic E-state index is 12.9. The molecule has 1 aromatic rings. The minimum atomic E-state index is -1.31. The minimum Gasteiger partial charge on any atom is -0.458 e. The van der Waals surface area contributed by atoms with E-state index in [1.54, 1.807) is 20.8 Å². The Hall–Kier alpha value is -2.22. The predicted molar refractivity (Wildman–Crippen MR) is 102 cm³/mol. The molecule has 8 heteroatoms. The Morgan fingerprint density at radius 2 is 1.96 bits per heavy atom. The lowest BCUT2D eigenvalue weighted by Crippen LogP contribution is -2.90. The monoisotopic (exact) mass is 404 g/mol. The largest absolute Gasteiger partial charge is 0.458 e. The van der Waals surface area contributed by atoms with Crippen molar-refractivity contribution in [2.24, 2.45) is 5.92 Å².